The molecule has 2 aromatic rings. The average Bonchev–Trinajstić information content (AvgIpc) is 2.61. The fraction of sp³-hybridized carbons (Fsp3) is 0.200. The van der Waals surface area contributed by atoms with Crippen LogP contribution in [0.5, 0.6) is 0 Å². The second kappa shape index (κ2) is 4.93. The summed E-state index contributed by atoms with van der Waals surface area (Å²) in [5.41, 5.74) is 1.55. The summed E-state index contributed by atoms with van der Waals surface area (Å²) in [7, 11) is -1.87. The van der Waals surface area contributed by atoms with Crippen molar-refractivity contribution in [2.24, 2.45) is 0 Å². The zero-order chi connectivity index (χ0) is 15.3. The summed E-state index contributed by atoms with van der Waals surface area (Å²) in [6.45, 7) is 1.75. The van der Waals surface area contributed by atoms with Crippen molar-refractivity contribution in [1.82, 2.24) is 0 Å². The predicted molar refractivity (Wildman–Crippen MR) is 88.4 cm³/mol. The van der Waals surface area contributed by atoms with Gasteiger partial charge in [0, 0.05) is 22.5 Å². The lowest BCUT2D eigenvalue weighted by atomic mass is 10.1. The Hall–Kier alpha value is -1.17. The van der Waals surface area contributed by atoms with Gasteiger partial charge in [-0.15, -0.1) is 0 Å². The molecule has 0 aromatic heterocycles. The maximum atomic E-state index is 12.8. The lowest BCUT2D eigenvalue weighted by Crippen LogP contribution is -2.33. The Balaban J connectivity index is 2.12. The molecule has 3 nitrogen and oxygen atoms in total. The molecule has 0 bridgehead atoms. The second-order valence-electron chi connectivity index (χ2n) is 4.99. The van der Waals surface area contributed by atoms with Gasteiger partial charge in [0.1, 0.15) is 0 Å². The fourth-order valence-corrected chi connectivity index (χ4v) is 6.06. The lowest BCUT2D eigenvalue weighted by Gasteiger charge is -2.24. The Morgan fingerprint density at radius 1 is 1.10 bits per heavy atom. The Morgan fingerprint density at radius 2 is 1.71 bits per heavy atom. The predicted octanol–water partition coefficient (Wildman–Crippen LogP) is 4.08. The normalized spacial score (nSPS) is 23.1. The zero-order valence-electron chi connectivity index (χ0n) is 11.6. The van der Waals surface area contributed by atoms with E-state index in [4.69, 9.17) is 11.6 Å². The number of anilines is 1. The van der Waals surface area contributed by atoms with Gasteiger partial charge in [-0.2, -0.15) is 0 Å². The van der Waals surface area contributed by atoms with Crippen LogP contribution in [0, 0.1) is 0 Å². The minimum atomic E-state index is -3.47. The van der Waals surface area contributed by atoms with E-state index in [-0.39, 0.29) is 0 Å². The summed E-state index contributed by atoms with van der Waals surface area (Å²) in [6, 6.07) is 14.6. The Labute approximate surface area is 134 Å². The monoisotopic (exact) mass is 339 g/mol. The summed E-state index contributed by atoms with van der Waals surface area (Å²) in [4.78, 5) is 0.871. The molecule has 1 aliphatic rings. The first kappa shape index (κ1) is 14.8. The third-order valence-electron chi connectivity index (χ3n) is 3.71. The second-order valence-corrected chi connectivity index (χ2v) is 9.49. The molecule has 0 spiro atoms. The van der Waals surface area contributed by atoms with Crippen molar-refractivity contribution in [3.05, 3.63) is 59.1 Å². The number of fused-ring (bicyclic) bond motifs is 1. The summed E-state index contributed by atoms with van der Waals surface area (Å²) in [6.07, 6.45) is 0. The molecule has 0 saturated carbocycles. The first-order chi connectivity index (χ1) is 9.86. The van der Waals surface area contributed by atoms with Gasteiger partial charge in [0.25, 0.3) is 10.0 Å². The van der Waals surface area contributed by atoms with E-state index in [0.29, 0.717) is 5.02 Å². The molecule has 0 fully saturated rings. The fourth-order valence-electron chi connectivity index (χ4n) is 2.50. The molecule has 1 heterocycles. The molecular weight excluding hydrogens is 326 g/mol. The van der Waals surface area contributed by atoms with Gasteiger partial charge >= 0.3 is 0 Å². The third-order valence-corrected chi connectivity index (χ3v) is 8.08. The molecule has 0 amide bonds. The number of hydrogen-bond acceptors (Lipinski definition) is 3. The molecule has 0 aliphatic carbocycles. The minimum Gasteiger partial charge on any atom is -0.271 e. The molecule has 1 aliphatic heterocycles. The van der Waals surface area contributed by atoms with E-state index in [0.717, 1.165) is 16.1 Å². The number of sulfonamides is 1. The standard InChI is InChI=1S/C15H14ClNO2S2/c1-15(20-12-9-7-11(16)8-10-12)13-5-3-4-6-14(13)17(2)21(15,18)19/h3-10H,1-2H3. The van der Waals surface area contributed by atoms with Crippen LogP contribution in [0.3, 0.4) is 0 Å². The highest BCUT2D eigenvalue weighted by atomic mass is 35.5. The molecule has 21 heavy (non-hydrogen) atoms. The van der Waals surface area contributed by atoms with Crippen molar-refractivity contribution in [2.75, 3.05) is 11.4 Å². The summed E-state index contributed by atoms with van der Waals surface area (Å²) >= 11 is 7.21. The van der Waals surface area contributed by atoms with Crippen LogP contribution in [0.4, 0.5) is 5.69 Å². The molecule has 1 atom stereocenters. The van der Waals surface area contributed by atoms with Crippen molar-refractivity contribution >= 4 is 39.1 Å². The van der Waals surface area contributed by atoms with E-state index in [1.54, 1.807) is 26.1 Å². The number of hydrogen-bond donors (Lipinski definition) is 0. The van der Waals surface area contributed by atoms with Crippen LogP contribution in [-0.4, -0.2) is 15.5 Å². The van der Waals surface area contributed by atoms with Gasteiger partial charge in [-0.3, -0.25) is 4.31 Å². The number of para-hydroxylation sites is 1. The van der Waals surface area contributed by atoms with Gasteiger partial charge in [-0.25, -0.2) is 8.42 Å². The van der Waals surface area contributed by atoms with Gasteiger partial charge < -0.3 is 0 Å². The summed E-state index contributed by atoms with van der Waals surface area (Å²) in [5.74, 6) is 0. The number of nitrogens with zero attached hydrogens (tertiary/aromatic N) is 1. The number of benzene rings is 2. The van der Waals surface area contributed by atoms with Crippen molar-refractivity contribution in [2.45, 2.75) is 15.9 Å². The van der Waals surface area contributed by atoms with E-state index in [2.05, 4.69) is 0 Å². The number of rotatable bonds is 2. The summed E-state index contributed by atoms with van der Waals surface area (Å²) < 4.78 is 26.0. The third kappa shape index (κ3) is 2.15. The van der Waals surface area contributed by atoms with E-state index >= 15 is 0 Å². The smallest absolute Gasteiger partial charge is 0.254 e. The minimum absolute atomic E-state index is 0.635. The Kier molecular flexibility index (Phi) is 3.47. The van der Waals surface area contributed by atoms with Crippen molar-refractivity contribution in [1.29, 1.82) is 0 Å². The van der Waals surface area contributed by atoms with Crippen LogP contribution in [0.15, 0.2) is 53.4 Å². The van der Waals surface area contributed by atoms with Crippen LogP contribution in [-0.2, 0) is 14.1 Å². The van der Waals surface area contributed by atoms with Crippen LogP contribution in [0.1, 0.15) is 12.5 Å². The maximum Gasteiger partial charge on any atom is 0.254 e. The molecular formula is C15H14ClNO2S2. The lowest BCUT2D eigenvalue weighted by molar-refractivity contribution is 0.584. The molecule has 2 aromatic carbocycles. The van der Waals surface area contributed by atoms with Gasteiger partial charge in [-0.05, 0) is 37.3 Å². The van der Waals surface area contributed by atoms with E-state index in [1.165, 1.54) is 16.1 Å². The van der Waals surface area contributed by atoms with Crippen LogP contribution >= 0.6 is 23.4 Å². The number of thioether (sulfide) groups is 1. The molecule has 110 valence electrons. The van der Waals surface area contributed by atoms with Gasteiger partial charge in [-0.1, -0.05) is 41.6 Å². The molecule has 0 saturated heterocycles. The highest BCUT2D eigenvalue weighted by molar-refractivity contribution is 8.14. The highest BCUT2D eigenvalue weighted by Crippen LogP contribution is 2.54. The molecule has 3 rings (SSSR count). The average molecular weight is 340 g/mol. The Bertz CT molecular complexity index is 790. The summed E-state index contributed by atoms with van der Waals surface area (Å²) in [5, 5.41) is 0.635. The first-order valence-electron chi connectivity index (χ1n) is 6.39. The molecule has 6 heteroatoms. The van der Waals surface area contributed by atoms with E-state index in [9.17, 15) is 8.42 Å². The largest absolute Gasteiger partial charge is 0.271 e. The van der Waals surface area contributed by atoms with Crippen molar-refractivity contribution < 1.29 is 8.42 Å². The van der Waals surface area contributed by atoms with Gasteiger partial charge in [0.05, 0.1) is 5.69 Å². The molecule has 1 unspecified atom stereocenters. The maximum absolute atomic E-state index is 12.8. The van der Waals surface area contributed by atoms with Crippen molar-refractivity contribution in [3.63, 3.8) is 0 Å². The molecule has 0 radical (unpaired) electrons. The van der Waals surface area contributed by atoms with Gasteiger partial charge in [0.2, 0.25) is 0 Å². The quantitative estimate of drug-likeness (QED) is 0.827. The van der Waals surface area contributed by atoms with E-state index in [1.807, 2.05) is 36.4 Å². The number of halogens is 1. The first-order valence-corrected chi connectivity index (χ1v) is 9.02. The highest BCUT2D eigenvalue weighted by Gasteiger charge is 2.52. The molecule has 0 N–H and O–H groups in total. The van der Waals surface area contributed by atoms with Crippen molar-refractivity contribution in [3.8, 4) is 0 Å². The van der Waals surface area contributed by atoms with Crippen LogP contribution in [0.2, 0.25) is 5.02 Å². The Morgan fingerprint density at radius 3 is 2.38 bits per heavy atom. The topological polar surface area (TPSA) is 37.4 Å². The van der Waals surface area contributed by atoms with Gasteiger partial charge in [0.15, 0.2) is 4.08 Å². The SMILES string of the molecule is CN1c2ccccc2C(C)(Sc2ccc(Cl)cc2)S1(=O)=O. The van der Waals surface area contributed by atoms with E-state index < -0.39 is 14.1 Å². The van der Waals surface area contributed by atoms with Crippen LogP contribution in [0.25, 0.3) is 0 Å². The van der Waals surface area contributed by atoms with Crippen LogP contribution < -0.4 is 4.31 Å². The zero-order valence-corrected chi connectivity index (χ0v) is 14.0.